The van der Waals surface area contributed by atoms with Gasteiger partial charge in [0.2, 0.25) is 0 Å². The first-order valence-corrected chi connectivity index (χ1v) is 12.0. The van der Waals surface area contributed by atoms with Gasteiger partial charge in [0, 0.05) is 25.0 Å². The minimum atomic E-state index is -0.486. The second kappa shape index (κ2) is 13.9. The molecule has 1 fully saturated rings. The zero-order valence-corrected chi connectivity index (χ0v) is 20.8. The molecule has 2 aromatic rings. The van der Waals surface area contributed by atoms with Crippen LogP contribution in [0.2, 0.25) is 5.02 Å². The summed E-state index contributed by atoms with van der Waals surface area (Å²) in [6.07, 6.45) is -0.134. The molecule has 1 saturated heterocycles. The minimum Gasteiger partial charge on any atom is -0.494 e. The van der Waals surface area contributed by atoms with Crippen molar-refractivity contribution >= 4 is 11.6 Å². The van der Waals surface area contributed by atoms with Gasteiger partial charge in [-0.05, 0) is 61.0 Å². The maximum atomic E-state index is 10.3. The van der Waals surface area contributed by atoms with Crippen LogP contribution in [0.25, 0.3) is 0 Å². The molecule has 33 heavy (non-hydrogen) atoms. The van der Waals surface area contributed by atoms with Crippen molar-refractivity contribution in [3.05, 3.63) is 64.2 Å². The van der Waals surface area contributed by atoms with E-state index in [9.17, 15) is 10.2 Å². The van der Waals surface area contributed by atoms with Gasteiger partial charge in [0.25, 0.3) is 0 Å². The predicted molar refractivity (Wildman–Crippen MR) is 132 cm³/mol. The van der Waals surface area contributed by atoms with E-state index in [1.807, 2.05) is 31.2 Å². The third-order valence-corrected chi connectivity index (χ3v) is 6.30. The Bertz CT molecular complexity index is 828. The summed E-state index contributed by atoms with van der Waals surface area (Å²) in [5.74, 6) is 0.851. The zero-order valence-electron chi connectivity index (χ0n) is 20.1. The first-order chi connectivity index (χ1) is 16.0. The standard InChI is InChI=1S/C25H34ClNO4.CH4O/c1-4-27(5-2)25(17-7-10-20(11-8-17)30-6-3)22-13-18(9-12-23(22)26)24-15-19(29)14-21(16-28)31-24;1-2/h7-13,19,21,24-25,28-29H,4-6,14-16H2,1-3H3;2H,1H3. The molecule has 1 aliphatic rings. The molecule has 7 heteroatoms. The number of rotatable bonds is 9. The van der Waals surface area contributed by atoms with E-state index in [2.05, 4.69) is 36.9 Å². The van der Waals surface area contributed by atoms with Crippen LogP contribution in [0.15, 0.2) is 42.5 Å². The van der Waals surface area contributed by atoms with Crippen molar-refractivity contribution < 1.29 is 24.8 Å². The molecule has 0 amide bonds. The van der Waals surface area contributed by atoms with Gasteiger partial charge in [-0.1, -0.05) is 43.6 Å². The molecule has 2 aromatic carbocycles. The lowest BCUT2D eigenvalue weighted by Crippen LogP contribution is -2.33. The molecule has 3 rings (SSSR count). The zero-order chi connectivity index (χ0) is 24.4. The van der Waals surface area contributed by atoms with Gasteiger partial charge >= 0.3 is 0 Å². The second-order valence-corrected chi connectivity index (χ2v) is 8.37. The number of nitrogens with zero attached hydrogens (tertiary/aromatic N) is 1. The highest BCUT2D eigenvalue weighted by molar-refractivity contribution is 6.31. The quantitative estimate of drug-likeness (QED) is 0.496. The normalized spacial score (nSPS) is 21.3. The van der Waals surface area contributed by atoms with Crippen LogP contribution in [0.5, 0.6) is 5.75 Å². The highest BCUT2D eigenvalue weighted by Gasteiger charge is 2.30. The Morgan fingerprint density at radius 3 is 2.30 bits per heavy atom. The molecule has 0 radical (unpaired) electrons. The van der Waals surface area contributed by atoms with E-state index in [1.165, 1.54) is 0 Å². The number of ether oxygens (including phenoxy) is 2. The Kier molecular flexibility index (Phi) is 11.6. The lowest BCUT2D eigenvalue weighted by Gasteiger charge is -2.34. The van der Waals surface area contributed by atoms with Crippen molar-refractivity contribution in [1.29, 1.82) is 0 Å². The predicted octanol–water partition coefficient (Wildman–Crippen LogP) is 4.35. The SMILES string of the molecule is CCOc1ccc(C(c2cc(C3CC(O)CC(CO)O3)ccc2Cl)N(CC)CC)cc1.CO. The van der Waals surface area contributed by atoms with Crippen molar-refractivity contribution in [1.82, 2.24) is 4.90 Å². The van der Waals surface area contributed by atoms with Gasteiger partial charge in [-0.15, -0.1) is 0 Å². The number of hydrogen-bond acceptors (Lipinski definition) is 6. The van der Waals surface area contributed by atoms with E-state index in [-0.39, 0.29) is 24.9 Å². The summed E-state index contributed by atoms with van der Waals surface area (Å²) in [7, 11) is 1.00. The fourth-order valence-corrected chi connectivity index (χ4v) is 4.60. The molecule has 6 nitrogen and oxygen atoms in total. The van der Waals surface area contributed by atoms with Crippen LogP contribution in [-0.4, -0.2) is 65.8 Å². The Morgan fingerprint density at radius 2 is 1.73 bits per heavy atom. The molecule has 184 valence electrons. The van der Waals surface area contributed by atoms with Crippen molar-refractivity contribution in [3.8, 4) is 5.75 Å². The van der Waals surface area contributed by atoms with Crippen LogP contribution in [0, 0.1) is 0 Å². The Hall–Kier alpha value is -1.67. The Morgan fingerprint density at radius 1 is 1.06 bits per heavy atom. The molecule has 3 N–H and O–H groups in total. The van der Waals surface area contributed by atoms with Crippen LogP contribution in [0.3, 0.4) is 0 Å². The summed E-state index contributed by atoms with van der Waals surface area (Å²) in [6, 6.07) is 14.1. The van der Waals surface area contributed by atoms with Crippen LogP contribution >= 0.6 is 11.6 Å². The second-order valence-electron chi connectivity index (χ2n) is 7.96. The molecule has 0 spiro atoms. The molecular formula is C26H38ClNO5. The molecule has 4 unspecified atom stereocenters. The summed E-state index contributed by atoms with van der Waals surface area (Å²) in [6.45, 7) is 8.56. The van der Waals surface area contributed by atoms with Crippen molar-refractivity contribution in [3.63, 3.8) is 0 Å². The molecule has 1 aliphatic heterocycles. The van der Waals surface area contributed by atoms with E-state index in [0.717, 1.165) is 42.6 Å². The number of benzene rings is 2. The summed E-state index contributed by atoms with van der Waals surface area (Å²) in [5, 5.41) is 27.5. The Labute approximate surface area is 202 Å². The first-order valence-electron chi connectivity index (χ1n) is 11.7. The van der Waals surface area contributed by atoms with E-state index >= 15 is 0 Å². The molecule has 4 atom stereocenters. The third kappa shape index (κ3) is 7.15. The number of aliphatic hydroxyl groups is 3. The minimum absolute atomic E-state index is 0.0136. The molecular weight excluding hydrogens is 442 g/mol. The average Bonchev–Trinajstić information content (AvgIpc) is 2.85. The maximum Gasteiger partial charge on any atom is 0.119 e. The van der Waals surface area contributed by atoms with E-state index < -0.39 is 6.10 Å². The fourth-order valence-electron chi connectivity index (χ4n) is 4.38. The summed E-state index contributed by atoms with van der Waals surface area (Å²) < 4.78 is 11.7. The van der Waals surface area contributed by atoms with Gasteiger partial charge in [-0.3, -0.25) is 4.90 Å². The lowest BCUT2D eigenvalue weighted by atomic mass is 9.91. The van der Waals surface area contributed by atoms with E-state index in [4.69, 9.17) is 26.2 Å². The number of hydrogen-bond donors (Lipinski definition) is 3. The number of aliphatic hydroxyl groups excluding tert-OH is 3. The van der Waals surface area contributed by atoms with Gasteiger partial charge < -0.3 is 24.8 Å². The monoisotopic (exact) mass is 479 g/mol. The van der Waals surface area contributed by atoms with Crippen LogP contribution < -0.4 is 4.74 Å². The molecule has 1 heterocycles. The van der Waals surface area contributed by atoms with Gasteiger partial charge in [0.05, 0.1) is 37.6 Å². The van der Waals surface area contributed by atoms with Gasteiger partial charge in [0.15, 0.2) is 0 Å². The van der Waals surface area contributed by atoms with Crippen LogP contribution in [0.1, 0.15) is 62.4 Å². The van der Waals surface area contributed by atoms with E-state index in [1.54, 1.807) is 0 Å². The van der Waals surface area contributed by atoms with Crippen molar-refractivity contribution in [2.24, 2.45) is 0 Å². The summed E-state index contributed by atoms with van der Waals surface area (Å²) in [5.41, 5.74) is 3.12. The third-order valence-electron chi connectivity index (χ3n) is 5.95. The molecule has 0 aliphatic carbocycles. The van der Waals surface area contributed by atoms with Gasteiger partial charge in [0.1, 0.15) is 5.75 Å². The molecule has 0 aromatic heterocycles. The highest BCUT2D eigenvalue weighted by Crippen LogP contribution is 2.38. The summed E-state index contributed by atoms with van der Waals surface area (Å²) in [4.78, 5) is 2.37. The lowest BCUT2D eigenvalue weighted by molar-refractivity contribution is -0.113. The van der Waals surface area contributed by atoms with Gasteiger partial charge in [-0.25, -0.2) is 0 Å². The molecule has 0 saturated carbocycles. The first kappa shape index (κ1) is 27.6. The average molecular weight is 480 g/mol. The maximum absolute atomic E-state index is 10.3. The van der Waals surface area contributed by atoms with Gasteiger partial charge in [-0.2, -0.15) is 0 Å². The van der Waals surface area contributed by atoms with Crippen molar-refractivity contribution in [2.75, 3.05) is 33.4 Å². The molecule has 0 bridgehead atoms. The smallest absolute Gasteiger partial charge is 0.119 e. The van der Waals surface area contributed by atoms with Crippen LogP contribution in [-0.2, 0) is 4.74 Å². The highest BCUT2D eigenvalue weighted by atomic mass is 35.5. The van der Waals surface area contributed by atoms with Crippen LogP contribution in [0.4, 0.5) is 0 Å². The largest absolute Gasteiger partial charge is 0.494 e. The topological polar surface area (TPSA) is 82.4 Å². The number of halogens is 1. The fraction of sp³-hybridized carbons (Fsp3) is 0.538. The summed E-state index contributed by atoms with van der Waals surface area (Å²) >= 11 is 6.72. The Balaban J connectivity index is 0.00000187. The van der Waals surface area contributed by atoms with E-state index in [0.29, 0.717) is 24.5 Å². The van der Waals surface area contributed by atoms with Crippen molar-refractivity contribution in [2.45, 2.75) is 58.0 Å².